The van der Waals surface area contributed by atoms with Gasteiger partial charge in [0.05, 0.1) is 18.2 Å². The third-order valence-corrected chi connectivity index (χ3v) is 3.48. The van der Waals surface area contributed by atoms with Gasteiger partial charge in [0.15, 0.2) is 0 Å². The number of anilines is 2. The van der Waals surface area contributed by atoms with E-state index in [0.717, 1.165) is 12.1 Å². The first-order valence-corrected chi connectivity index (χ1v) is 7.30. The standard InChI is InChI=1S/C16H12F3N5O2/c1-24-22-14(21-23-24)12-7-9(15(25)26)5-6-13(12)20-11-4-2-3-10(8-11)16(17,18)19/h2-8,20H,1H3,(H,25,26). The number of carbonyl (C=O) groups is 1. The molecule has 0 aliphatic heterocycles. The Hall–Kier alpha value is -3.43. The Bertz CT molecular complexity index is 969. The van der Waals surface area contributed by atoms with Crippen molar-refractivity contribution in [3.63, 3.8) is 0 Å². The monoisotopic (exact) mass is 363 g/mol. The highest BCUT2D eigenvalue weighted by molar-refractivity contribution is 5.91. The number of carboxylic acids is 1. The zero-order chi connectivity index (χ0) is 18.9. The van der Waals surface area contributed by atoms with Crippen LogP contribution in [0.15, 0.2) is 42.5 Å². The fraction of sp³-hybridized carbons (Fsp3) is 0.125. The predicted molar refractivity (Wildman–Crippen MR) is 85.9 cm³/mol. The highest BCUT2D eigenvalue weighted by atomic mass is 19.4. The topological polar surface area (TPSA) is 92.9 Å². The molecule has 26 heavy (non-hydrogen) atoms. The lowest BCUT2D eigenvalue weighted by Gasteiger charge is -2.13. The first-order chi connectivity index (χ1) is 12.2. The van der Waals surface area contributed by atoms with Crippen molar-refractivity contribution in [2.24, 2.45) is 7.05 Å². The van der Waals surface area contributed by atoms with Gasteiger partial charge >= 0.3 is 12.1 Å². The molecule has 0 atom stereocenters. The van der Waals surface area contributed by atoms with Crippen LogP contribution in [-0.2, 0) is 13.2 Å². The van der Waals surface area contributed by atoms with Crippen molar-refractivity contribution in [1.29, 1.82) is 0 Å². The maximum Gasteiger partial charge on any atom is 0.416 e. The molecule has 3 aromatic rings. The molecule has 0 unspecified atom stereocenters. The van der Waals surface area contributed by atoms with Gasteiger partial charge in [-0.3, -0.25) is 0 Å². The number of nitrogens with one attached hydrogen (secondary N) is 1. The summed E-state index contributed by atoms with van der Waals surface area (Å²) in [6.45, 7) is 0. The normalized spacial score (nSPS) is 11.4. The van der Waals surface area contributed by atoms with Crippen LogP contribution in [0, 0.1) is 0 Å². The number of tetrazole rings is 1. The van der Waals surface area contributed by atoms with E-state index >= 15 is 0 Å². The number of hydrogen-bond donors (Lipinski definition) is 2. The molecule has 0 saturated carbocycles. The molecule has 0 saturated heterocycles. The van der Waals surface area contributed by atoms with E-state index in [4.69, 9.17) is 5.11 Å². The minimum absolute atomic E-state index is 0.0120. The predicted octanol–water partition coefficient (Wildman–Crippen LogP) is 3.34. The average Bonchev–Trinajstić information content (AvgIpc) is 3.01. The number of nitrogens with zero attached hydrogens (tertiary/aromatic N) is 4. The van der Waals surface area contributed by atoms with Crippen LogP contribution in [0.3, 0.4) is 0 Å². The number of halogens is 3. The lowest BCUT2D eigenvalue weighted by Crippen LogP contribution is -2.05. The Morgan fingerprint density at radius 2 is 1.96 bits per heavy atom. The second kappa shape index (κ2) is 6.47. The summed E-state index contributed by atoms with van der Waals surface area (Å²) >= 11 is 0. The molecule has 10 heteroatoms. The smallest absolute Gasteiger partial charge is 0.416 e. The van der Waals surface area contributed by atoms with Crippen LogP contribution in [0.1, 0.15) is 15.9 Å². The van der Waals surface area contributed by atoms with Gasteiger partial charge in [-0.15, -0.1) is 10.2 Å². The van der Waals surface area contributed by atoms with Crippen molar-refractivity contribution >= 4 is 17.3 Å². The van der Waals surface area contributed by atoms with E-state index in [1.807, 2.05) is 0 Å². The lowest BCUT2D eigenvalue weighted by molar-refractivity contribution is -0.137. The van der Waals surface area contributed by atoms with E-state index < -0.39 is 17.7 Å². The quantitative estimate of drug-likeness (QED) is 0.739. The van der Waals surface area contributed by atoms with Crippen molar-refractivity contribution in [1.82, 2.24) is 20.2 Å². The summed E-state index contributed by atoms with van der Waals surface area (Å²) in [7, 11) is 1.54. The average molecular weight is 363 g/mol. The Kier molecular flexibility index (Phi) is 4.33. The molecule has 1 heterocycles. The van der Waals surface area contributed by atoms with E-state index in [1.165, 1.54) is 42.2 Å². The summed E-state index contributed by atoms with van der Waals surface area (Å²) in [5.41, 5.74) is 0.0247. The van der Waals surface area contributed by atoms with Crippen molar-refractivity contribution in [3.05, 3.63) is 53.6 Å². The number of aryl methyl sites for hydroxylation is 1. The van der Waals surface area contributed by atoms with Crippen molar-refractivity contribution < 1.29 is 23.1 Å². The molecule has 0 spiro atoms. The number of hydrogen-bond acceptors (Lipinski definition) is 5. The molecule has 3 rings (SSSR count). The van der Waals surface area contributed by atoms with Gasteiger partial charge in [0, 0.05) is 16.9 Å². The third-order valence-electron chi connectivity index (χ3n) is 3.48. The van der Waals surface area contributed by atoms with E-state index in [1.54, 1.807) is 0 Å². The Balaban J connectivity index is 2.04. The summed E-state index contributed by atoms with van der Waals surface area (Å²) in [4.78, 5) is 12.4. The SMILES string of the molecule is Cn1nnc(-c2cc(C(=O)O)ccc2Nc2cccc(C(F)(F)F)c2)n1. The van der Waals surface area contributed by atoms with E-state index in [2.05, 4.69) is 20.7 Å². The van der Waals surface area contributed by atoms with Crippen molar-refractivity contribution in [2.45, 2.75) is 6.18 Å². The van der Waals surface area contributed by atoms with E-state index in [-0.39, 0.29) is 17.1 Å². The zero-order valence-corrected chi connectivity index (χ0v) is 13.3. The third kappa shape index (κ3) is 3.63. The molecule has 7 nitrogen and oxygen atoms in total. The lowest BCUT2D eigenvalue weighted by atomic mass is 10.1. The van der Waals surface area contributed by atoms with Crippen LogP contribution >= 0.6 is 0 Å². The van der Waals surface area contributed by atoms with Gasteiger partial charge in [0.2, 0.25) is 5.82 Å². The molecule has 2 aromatic carbocycles. The molecule has 0 aliphatic rings. The summed E-state index contributed by atoms with van der Waals surface area (Å²) < 4.78 is 38.6. The Morgan fingerprint density at radius 1 is 1.19 bits per heavy atom. The number of aromatic carboxylic acids is 1. The number of rotatable bonds is 4. The second-order valence-corrected chi connectivity index (χ2v) is 5.37. The van der Waals surface area contributed by atoms with Crippen LogP contribution in [0.25, 0.3) is 11.4 Å². The van der Waals surface area contributed by atoms with Gasteiger partial charge < -0.3 is 10.4 Å². The van der Waals surface area contributed by atoms with Gasteiger partial charge in [-0.1, -0.05) is 6.07 Å². The molecule has 0 fully saturated rings. The van der Waals surface area contributed by atoms with Crippen molar-refractivity contribution in [2.75, 3.05) is 5.32 Å². The van der Waals surface area contributed by atoms with Crippen LogP contribution in [0.4, 0.5) is 24.5 Å². The Labute approximate surface area is 145 Å². The number of aromatic nitrogens is 4. The minimum atomic E-state index is -4.47. The fourth-order valence-corrected chi connectivity index (χ4v) is 2.29. The van der Waals surface area contributed by atoms with E-state index in [0.29, 0.717) is 11.3 Å². The molecular weight excluding hydrogens is 351 g/mol. The van der Waals surface area contributed by atoms with Gasteiger partial charge in [-0.2, -0.15) is 18.0 Å². The maximum absolute atomic E-state index is 12.9. The zero-order valence-electron chi connectivity index (χ0n) is 13.3. The Morgan fingerprint density at radius 3 is 2.58 bits per heavy atom. The van der Waals surface area contributed by atoms with Crippen LogP contribution in [0.5, 0.6) is 0 Å². The fourth-order valence-electron chi connectivity index (χ4n) is 2.29. The number of alkyl halides is 3. The van der Waals surface area contributed by atoms with Gasteiger partial charge in [-0.05, 0) is 41.6 Å². The number of benzene rings is 2. The molecule has 2 N–H and O–H groups in total. The van der Waals surface area contributed by atoms with Crippen molar-refractivity contribution in [3.8, 4) is 11.4 Å². The molecule has 134 valence electrons. The summed E-state index contributed by atoms with van der Waals surface area (Å²) in [5, 5.41) is 23.6. The second-order valence-electron chi connectivity index (χ2n) is 5.37. The first-order valence-electron chi connectivity index (χ1n) is 7.30. The molecule has 0 radical (unpaired) electrons. The minimum Gasteiger partial charge on any atom is -0.478 e. The molecule has 0 aliphatic carbocycles. The number of carboxylic acid groups (broad SMARTS) is 1. The highest BCUT2D eigenvalue weighted by Crippen LogP contribution is 2.33. The summed E-state index contributed by atoms with van der Waals surface area (Å²) in [6.07, 6.45) is -4.47. The summed E-state index contributed by atoms with van der Waals surface area (Å²) in [5.74, 6) is -1.01. The summed E-state index contributed by atoms with van der Waals surface area (Å²) in [6, 6.07) is 8.76. The molecule has 0 amide bonds. The van der Waals surface area contributed by atoms with Crippen LogP contribution < -0.4 is 5.32 Å². The van der Waals surface area contributed by atoms with Gasteiger partial charge in [-0.25, -0.2) is 4.79 Å². The molecule has 1 aromatic heterocycles. The van der Waals surface area contributed by atoms with Gasteiger partial charge in [0.25, 0.3) is 0 Å². The van der Waals surface area contributed by atoms with Gasteiger partial charge in [0.1, 0.15) is 0 Å². The van der Waals surface area contributed by atoms with E-state index in [9.17, 15) is 18.0 Å². The highest BCUT2D eigenvalue weighted by Gasteiger charge is 2.30. The molecular formula is C16H12F3N5O2. The molecule has 0 bridgehead atoms. The maximum atomic E-state index is 12.9. The first kappa shape index (κ1) is 17.4. The largest absolute Gasteiger partial charge is 0.478 e. The van der Waals surface area contributed by atoms with Crippen LogP contribution in [0.2, 0.25) is 0 Å². The van der Waals surface area contributed by atoms with Crippen LogP contribution in [-0.4, -0.2) is 31.3 Å².